The highest BCUT2D eigenvalue weighted by atomic mass is 35.5. The number of benzene rings is 2. The summed E-state index contributed by atoms with van der Waals surface area (Å²) in [6.07, 6.45) is 3.39. The van der Waals surface area contributed by atoms with Gasteiger partial charge in [0.25, 0.3) is 0 Å². The van der Waals surface area contributed by atoms with Crippen molar-refractivity contribution in [2.45, 2.75) is 0 Å². The number of halogens is 1. The number of carboxylic acid groups (broad SMARTS) is 1. The topological polar surface area (TPSA) is 78.9 Å². The molecular formula is C21H14ClN3O2. The molecule has 0 saturated heterocycles. The standard InChI is InChI=1S/C21H14ClN3O2/c22-17-11-15(10-16(12-17)21(26)27)19-18(13-6-8-23-9-7-13)24-20(25-19)14-4-2-1-3-5-14/h1-12H,(H,24,25)(H,26,27). The van der Waals surface area contributed by atoms with E-state index in [1.807, 2.05) is 42.5 Å². The summed E-state index contributed by atoms with van der Waals surface area (Å²) >= 11 is 6.15. The Labute approximate surface area is 160 Å². The van der Waals surface area contributed by atoms with Gasteiger partial charge in [-0.2, -0.15) is 0 Å². The molecule has 0 aliphatic rings. The first-order valence-corrected chi connectivity index (χ1v) is 8.60. The average molecular weight is 376 g/mol. The Morgan fingerprint density at radius 2 is 1.67 bits per heavy atom. The average Bonchev–Trinajstić information content (AvgIpc) is 3.14. The molecule has 2 N–H and O–H groups in total. The van der Waals surface area contributed by atoms with E-state index in [-0.39, 0.29) is 5.56 Å². The van der Waals surface area contributed by atoms with Crippen molar-refractivity contribution in [3.63, 3.8) is 0 Å². The molecule has 4 aromatic rings. The Morgan fingerprint density at radius 3 is 2.37 bits per heavy atom. The summed E-state index contributed by atoms with van der Waals surface area (Å²) in [5.41, 5.74) is 3.97. The van der Waals surface area contributed by atoms with Gasteiger partial charge in [0, 0.05) is 34.1 Å². The van der Waals surface area contributed by atoms with Crippen LogP contribution in [0.4, 0.5) is 0 Å². The number of aromatic amines is 1. The molecule has 0 radical (unpaired) electrons. The van der Waals surface area contributed by atoms with Crippen molar-refractivity contribution in [3.8, 4) is 33.9 Å². The molecule has 0 saturated carbocycles. The van der Waals surface area contributed by atoms with Crippen LogP contribution in [0.15, 0.2) is 73.1 Å². The molecule has 2 aromatic heterocycles. The van der Waals surface area contributed by atoms with Crippen molar-refractivity contribution < 1.29 is 9.90 Å². The number of hydrogen-bond donors (Lipinski definition) is 2. The number of nitrogens with zero attached hydrogens (tertiary/aromatic N) is 2. The lowest BCUT2D eigenvalue weighted by Crippen LogP contribution is -1.97. The van der Waals surface area contributed by atoms with E-state index in [1.165, 1.54) is 6.07 Å². The van der Waals surface area contributed by atoms with E-state index in [2.05, 4.69) is 9.97 Å². The van der Waals surface area contributed by atoms with E-state index >= 15 is 0 Å². The van der Waals surface area contributed by atoms with Crippen molar-refractivity contribution in [1.29, 1.82) is 0 Å². The number of carbonyl (C=O) groups is 1. The summed E-state index contributed by atoms with van der Waals surface area (Å²) in [5.74, 6) is -0.350. The van der Waals surface area contributed by atoms with Crippen LogP contribution >= 0.6 is 11.6 Å². The molecule has 0 aliphatic heterocycles. The van der Waals surface area contributed by atoms with Gasteiger partial charge in [-0.1, -0.05) is 41.9 Å². The van der Waals surface area contributed by atoms with Gasteiger partial charge in [-0.15, -0.1) is 0 Å². The summed E-state index contributed by atoms with van der Waals surface area (Å²) < 4.78 is 0. The molecule has 5 nitrogen and oxygen atoms in total. The summed E-state index contributed by atoms with van der Waals surface area (Å²) in [5, 5.41) is 9.70. The predicted molar refractivity (Wildman–Crippen MR) is 105 cm³/mol. The Morgan fingerprint density at radius 1 is 0.926 bits per heavy atom. The normalized spacial score (nSPS) is 10.7. The first-order chi connectivity index (χ1) is 13.1. The Hall–Kier alpha value is -3.44. The first-order valence-electron chi connectivity index (χ1n) is 8.22. The van der Waals surface area contributed by atoms with Crippen molar-refractivity contribution in [3.05, 3.63) is 83.6 Å². The minimum absolute atomic E-state index is 0.113. The highest BCUT2D eigenvalue weighted by molar-refractivity contribution is 6.31. The van der Waals surface area contributed by atoms with Gasteiger partial charge in [0.15, 0.2) is 0 Å². The van der Waals surface area contributed by atoms with Crippen LogP contribution in [-0.2, 0) is 0 Å². The predicted octanol–water partition coefficient (Wildman–Crippen LogP) is 5.16. The van der Waals surface area contributed by atoms with E-state index in [4.69, 9.17) is 16.6 Å². The fourth-order valence-corrected chi connectivity index (χ4v) is 3.13. The Bertz CT molecular complexity index is 1110. The zero-order valence-corrected chi connectivity index (χ0v) is 14.8. The lowest BCUT2D eigenvalue weighted by Gasteiger charge is -2.05. The first kappa shape index (κ1) is 17.0. The molecule has 27 heavy (non-hydrogen) atoms. The second-order valence-electron chi connectivity index (χ2n) is 5.94. The summed E-state index contributed by atoms with van der Waals surface area (Å²) in [6.45, 7) is 0. The number of nitrogens with one attached hydrogen (secondary N) is 1. The van der Waals surface area contributed by atoms with Gasteiger partial charge >= 0.3 is 5.97 Å². The van der Waals surface area contributed by atoms with Crippen LogP contribution in [-0.4, -0.2) is 26.0 Å². The third-order valence-electron chi connectivity index (χ3n) is 4.14. The minimum Gasteiger partial charge on any atom is -0.478 e. The SMILES string of the molecule is O=C(O)c1cc(Cl)cc(-c2nc(-c3ccccc3)[nH]c2-c2ccncc2)c1. The van der Waals surface area contributed by atoms with E-state index in [0.717, 1.165) is 16.8 Å². The molecule has 4 rings (SSSR count). The van der Waals surface area contributed by atoms with Crippen LogP contribution < -0.4 is 0 Å². The zero-order valence-electron chi connectivity index (χ0n) is 14.1. The maximum absolute atomic E-state index is 11.4. The highest BCUT2D eigenvalue weighted by Gasteiger charge is 2.17. The quantitative estimate of drug-likeness (QED) is 0.516. The number of imidazole rings is 1. The lowest BCUT2D eigenvalue weighted by molar-refractivity contribution is 0.0697. The van der Waals surface area contributed by atoms with Gasteiger partial charge in [-0.05, 0) is 30.3 Å². The smallest absolute Gasteiger partial charge is 0.335 e. The summed E-state index contributed by atoms with van der Waals surface area (Å²) in [6, 6.07) is 18.2. The van der Waals surface area contributed by atoms with E-state index in [9.17, 15) is 9.90 Å². The molecule has 2 heterocycles. The molecule has 2 aromatic carbocycles. The van der Waals surface area contributed by atoms with Crippen LogP contribution in [0.1, 0.15) is 10.4 Å². The number of aromatic carboxylic acids is 1. The van der Waals surface area contributed by atoms with Crippen LogP contribution in [0, 0.1) is 0 Å². The number of rotatable bonds is 4. The third kappa shape index (κ3) is 3.45. The Kier molecular flexibility index (Phi) is 4.44. The molecular weight excluding hydrogens is 362 g/mol. The van der Waals surface area contributed by atoms with Gasteiger partial charge in [0.2, 0.25) is 0 Å². The number of pyridine rings is 1. The van der Waals surface area contributed by atoms with Crippen LogP contribution in [0.5, 0.6) is 0 Å². The molecule has 0 fully saturated rings. The van der Waals surface area contributed by atoms with Crippen molar-refractivity contribution in [1.82, 2.24) is 15.0 Å². The van der Waals surface area contributed by atoms with Gasteiger partial charge < -0.3 is 10.1 Å². The Balaban J connectivity index is 1.94. The number of H-pyrrole nitrogens is 1. The fraction of sp³-hybridized carbons (Fsp3) is 0. The molecule has 0 bridgehead atoms. The van der Waals surface area contributed by atoms with Gasteiger partial charge in [-0.3, -0.25) is 4.98 Å². The summed E-state index contributed by atoms with van der Waals surface area (Å²) in [4.78, 5) is 23.6. The van der Waals surface area contributed by atoms with E-state index < -0.39 is 5.97 Å². The monoisotopic (exact) mass is 375 g/mol. The molecule has 0 atom stereocenters. The van der Waals surface area contributed by atoms with Crippen LogP contribution in [0.3, 0.4) is 0 Å². The van der Waals surface area contributed by atoms with Crippen molar-refractivity contribution >= 4 is 17.6 Å². The number of hydrogen-bond acceptors (Lipinski definition) is 3. The van der Waals surface area contributed by atoms with Crippen molar-refractivity contribution in [2.75, 3.05) is 0 Å². The van der Waals surface area contributed by atoms with Crippen molar-refractivity contribution in [2.24, 2.45) is 0 Å². The fourth-order valence-electron chi connectivity index (χ4n) is 2.89. The largest absolute Gasteiger partial charge is 0.478 e. The lowest BCUT2D eigenvalue weighted by atomic mass is 10.0. The second-order valence-corrected chi connectivity index (χ2v) is 6.38. The second kappa shape index (κ2) is 7.05. The van der Waals surface area contributed by atoms with E-state index in [0.29, 0.717) is 22.1 Å². The van der Waals surface area contributed by atoms with Gasteiger partial charge in [0.05, 0.1) is 17.0 Å². The number of carboxylic acids is 1. The van der Waals surface area contributed by atoms with Gasteiger partial charge in [0.1, 0.15) is 5.82 Å². The van der Waals surface area contributed by atoms with Crippen LogP contribution in [0.2, 0.25) is 5.02 Å². The third-order valence-corrected chi connectivity index (χ3v) is 4.36. The van der Waals surface area contributed by atoms with Gasteiger partial charge in [-0.25, -0.2) is 9.78 Å². The summed E-state index contributed by atoms with van der Waals surface area (Å²) in [7, 11) is 0. The minimum atomic E-state index is -1.04. The molecule has 0 aliphatic carbocycles. The molecule has 0 unspecified atom stereocenters. The molecule has 6 heteroatoms. The molecule has 132 valence electrons. The van der Waals surface area contributed by atoms with E-state index in [1.54, 1.807) is 24.5 Å². The molecule has 0 spiro atoms. The van der Waals surface area contributed by atoms with Crippen LogP contribution in [0.25, 0.3) is 33.9 Å². The maximum Gasteiger partial charge on any atom is 0.335 e. The maximum atomic E-state index is 11.4. The molecule has 0 amide bonds. The zero-order chi connectivity index (χ0) is 18.8. The highest BCUT2D eigenvalue weighted by Crippen LogP contribution is 2.34. The number of aromatic nitrogens is 3.